The maximum atomic E-state index is 12.2. The summed E-state index contributed by atoms with van der Waals surface area (Å²) in [6.45, 7) is 17.3. The van der Waals surface area contributed by atoms with E-state index in [1.54, 1.807) is 0 Å². The van der Waals surface area contributed by atoms with Gasteiger partial charge in [0.05, 0.1) is 6.54 Å². The molecule has 2 atom stereocenters. The zero-order valence-corrected chi connectivity index (χ0v) is 22.7. The maximum Gasteiger partial charge on any atom is 0.407 e. The third-order valence-corrected chi connectivity index (χ3v) is 5.63. The van der Waals surface area contributed by atoms with E-state index in [9.17, 15) is 9.00 Å². The number of aliphatic imine (C=N–C) groups is 1. The van der Waals surface area contributed by atoms with Gasteiger partial charge in [0, 0.05) is 40.4 Å². The summed E-state index contributed by atoms with van der Waals surface area (Å²) < 4.78 is 17.3. The van der Waals surface area contributed by atoms with Gasteiger partial charge < -0.3 is 20.7 Å². The lowest BCUT2D eigenvalue weighted by molar-refractivity contribution is 0.0522. The first kappa shape index (κ1) is 30.6. The Hall–Kier alpha value is -0.580. The molecular weight excluding hydrogens is 503 g/mol. The van der Waals surface area contributed by atoms with Crippen molar-refractivity contribution in [1.82, 2.24) is 16.0 Å². The van der Waals surface area contributed by atoms with Crippen LogP contribution >= 0.6 is 24.0 Å². The fourth-order valence-electron chi connectivity index (χ4n) is 2.26. The third kappa shape index (κ3) is 16.9. The van der Waals surface area contributed by atoms with Crippen molar-refractivity contribution in [3.05, 3.63) is 0 Å². The van der Waals surface area contributed by atoms with Crippen molar-refractivity contribution in [2.24, 2.45) is 4.99 Å². The zero-order chi connectivity index (χ0) is 21.8. The van der Waals surface area contributed by atoms with E-state index in [1.807, 2.05) is 48.5 Å². The van der Waals surface area contributed by atoms with Gasteiger partial charge in [-0.25, -0.2) is 4.79 Å². The first-order chi connectivity index (χ1) is 12.9. The molecule has 0 heterocycles. The van der Waals surface area contributed by atoms with E-state index in [1.165, 1.54) is 0 Å². The standard InChI is InChI=1S/C20H42N4O3S.HI/c1-9-11-12-16(15-23-18(25)27-19(3,4)5)24-17(21-10-2)22-13-14-28(26)20(6,7)8;/h16H,9-15H2,1-8H3,(H,23,25)(H2,21,22,24);1H. The van der Waals surface area contributed by atoms with Crippen LogP contribution in [-0.2, 0) is 15.5 Å². The molecule has 0 saturated carbocycles. The van der Waals surface area contributed by atoms with Crippen LogP contribution in [0.3, 0.4) is 0 Å². The first-order valence-electron chi connectivity index (χ1n) is 10.3. The molecule has 0 fully saturated rings. The predicted octanol–water partition coefficient (Wildman–Crippen LogP) is 3.79. The van der Waals surface area contributed by atoms with Crippen LogP contribution in [0, 0.1) is 0 Å². The van der Waals surface area contributed by atoms with Crippen LogP contribution < -0.4 is 16.0 Å². The summed E-state index contributed by atoms with van der Waals surface area (Å²) in [6.07, 6.45) is 2.60. The van der Waals surface area contributed by atoms with Crippen LogP contribution in [0.1, 0.15) is 74.7 Å². The Kier molecular flexibility index (Phi) is 16.1. The number of alkyl carbamates (subject to hydrolysis) is 1. The summed E-state index contributed by atoms with van der Waals surface area (Å²) >= 11 is 0. The summed E-state index contributed by atoms with van der Waals surface area (Å²) in [5.41, 5.74) is -0.518. The Morgan fingerprint density at radius 1 is 1.10 bits per heavy atom. The van der Waals surface area contributed by atoms with Gasteiger partial charge in [-0.05, 0) is 54.9 Å². The van der Waals surface area contributed by atoms with E-state index in [0.29, 0.717) is 24.8 Å². The van der Waals surface area contributed by atoms with Gasteiger partial charge in [-0.3, -0.25) is 9.20 Å². The minimum Gasteiger partial charge on any atom is -0.444 e. The minimum atomic E-state index is -0.931. The van der Waals surface area contributed by atoms with Gasteiger partial charge in [-0.1, -0.05) is 19.8 Å². The van der Waals surface area contributed by atoms with Crippen LogP contribution in [0.15, 0.2) is 4.99 Å². The Morgan fingerprint density at radius 3 is 2.21 bits per heavy atom. The number of rotatable bonds is 10. The summed E-state index contributed by atoms with van der Waals surface area (Å²) in [5.74, 6) is 1.20. The summed E-state index contributed by atoms with van der Waals surface area (Å²) in [6, 6.07) is 0.0402. The molecule has 0 saturated heterocycles. The largest absolute Gasteiger partial charge is 0.444 e. The molecule has 0 radical (unpaired) electrons. The molecule has 3 N–H and O–H groups in total. The molecule has 0 aliphatic rings. The topological polar surface area (TPSA) is 91.8 Å². The molecule has 0 rings (SSSR count). The molecule has 9 heteroatoms. The fraction of sp³-hybridized carbons (Fsp3) is 0.900. The van der Waals surface area contributed by atoms with Gasteiger partial charge >= 0.3 is 6.09 Å². The minimum absolute atomic E-state index is 0. The number of nitrogens with one attached hydrogen (secondary N) is 3. The van der Waals surface area contributed by atoms with Gasteiger partial charge in [-0.2, -0.15) is 0 Å². The smallest absolute Gasteiger partial charge is 0.407 e. The molecule has 29 heavy (non-hydrogen) atoms. The molecule has 0 aromatic carbocycles. The normalized spacial score (nSPS) is 14.4. The molecule has 0 aliphatic carbocycles. The highest BCUT2D eigenvalue weighted by Gasteiger charge is 2.19. The van der Waals surface area contributed by atoms with E-state index in [-0.39, 0.29) is 34.8 Å². The second kappa shape index (κ2) is 15.3. The summed E-state index contributed by atoms with van der Waals surface area (Å²) in [4.78, 5) is 16.5. The fourth-order valence-corrected chi connectivity index (χ4v) is 3.13. The second-order valence-corrected chi connectivity index (χ2v) is 11.1. The van der Waals surface area contributed by atoms with Crippen molar-refractivity contribution in [2.45, 2.75) is 91.0 Å². The van der Waals surface area contributed by atoms with Crippen molar-refractivity contribution in [3.63, 3.8) is 0 Å². The summed E-state index contributed by atoms with van der Waals surface area (Å²) in [7, 11) is -0.931. The molecular formula is C20H43IN4O3S. The van der Waals surface area contributed by atoms with Crippen LogP contribution in [0.5, 0.6) is 0 Å². The van der Waals surface area contributed by atoms with Gasteiger partial charge in [-0.15, -0.1) is 24.0 Å². The number of hydrogen-bond acceptors (Lipinski definition) is 4. The van der Waals surface area contributed by atoms with Crippen molar-refractivity contribution >= 4 is 46.8 Å². The van der Waals surface area contributed by atoms with Crippen molar-refractivity contribution in [3.8, 4) is 0 Å². The maximum absolute atomic E-state index is 12.2. The Morgan fingerprint density at radius 2 is 1.72 bits per heavy atom. The average molecular weight is 547 g/mol. The van der Waals surface area contributed by atoms with Crippen LogP contribution in [-0.4, -0.2) is 58.0 Å². The molecule has 0 bridgehead atoms. The van der Waals surface area contributed by atoms with Gasteiger partial charge in [0.25, 0.3) is 0 Å². The number of halogens is 1. The Balaban J connectivity index is 0. The van der Waals surface area contributed by atoms with Gasteiger partial charge in [0.2, 0.25) is 0 Å². The number of unbranched alkanes of at least 4 members (excludes halogenated alkanes) is 1. The van der Waals surface area contributed by atoms with E-state index >= 15 is 0 Å². The number of carbonyl (C=O) groups excluding carboxylic acids is 1. The molecule has 174 valence electrons. The third-order valence-electron chi connectivity index (χ3n) is 3.71. The number of nitrogens with zero attached hydrogens (tertiary/aromatic N) is 1. The van der Waals surface area contributed by atoms with Crippen LogP contribution in [0.25, 0.3) is 0 Å². The number of hydrogen-bond donors (Lipinski definition) is 3. The van der Waals surface area contributed by atoms with Gasteiger partial charge in [0.1, 0.15) is 5.60 Å². The predicted molar refractivity (Wildman–Crippen MR) is 135 cm³/mol. The number of carbonyl (C=O) groups is 1. The SMILES string of the molecule is CCCCC(CNC(=O)OC(C)(C)C)NC(=NCCS(=O)C(C)(C)C)NCC.I. The molecule has 2 unspecified atom stereocenters. The molecule has 1 amide bonds. The highest BCUT2D eigenvalue weighted by molar-refractivity contribution is 14.0. The highest BCUT2D eigenvalue weighted by Crippen LogP contribution is 2.11. The average Bonchev–Trinajstić information content (AvgIpc) is 2.54. The molecule has 0 aromatic heterocycles. The van der Waals surface area contributed by atoms with Crippen LogP contribution in [0.4, 0.5) is 4.79 Å². The first-order valence-corrected chi connectivity index (χ1v) is 11.6. The van der Waals surface area contributed by atoms with E-state index < -0.39 is 22.5 Å². The lowest BCUT2D eigenvalue weighted by atomic mass is 10.1. The molecule has 0 aromatic rings. The number of amides is 1. The molecule has 7 nitrogen and oxygen atoms in total. The molecule has 0 spiro atoms. The monoisotopic (exact) mass is 546 g/mol. The quantitative estimate of drug-likeness (QED) is 0.220. The van der Waals surface area contributed by atoms with Gasteiger partial charge in [0.15, 0.2) is 5.96 Å². The van der Waals surface area contributed by atoms with Crippen LogP contribution in [0.2, 0.25) is 0 Å². The summed E-state index contributed by atoms with van der Waals surface area (Å²) in [5, 5.41) is 9.45. The molecule has 0 aliphatic heterocycles. The number of guanidine groups is 1. The van der Waals surface area contributed by atoms with E-state index in [4.69, 9.17) is 4.74 Å². The van der Waals surface area contributed by atoms with Crippen molar-refractivity contribution in [1.29, 1.82) is 0 Å². The number of ether oxygens (including phenoxy) is 1. The lowest BCUT2D eigenvalue weighted by Crippen LogP contribution is -2.49. The van der Waals surface area contributed by atoms with Crippen molar-refractivity contribution < 1.29 is 13.7 Å². The zero-order valence-electron chi connectivity index (χ0n) is 19.5. The lowest BCUT2D eigenvalue weighted by Gasteiger charge is -2.24. The Bertz CT molecular complexity index is 517. The Labute approximate surface area is 197 Å². The van der Waals surface area contributed by atoms with Crippen molar-refractivity contribution in [2.75, 3.05) is 25.4 Å². The van der Waals surface area contributed by atoms with E-state index in [2.05, 4.69) is 27.9 Å². The second-order valence-electron chi connectivity index (χ2n) is 8.79. The highest BCUT2D eigenvalue weighted by atomic mass is 127. The van der Waals surface area contributed by atoms with E-state index in [0.717, 1.165) is 25.8 Å².